The summed E-state index contributed by atoms with van der Waals surface area (Å²) in [5.41, 5.74) is 15.1. The summed E-state index contributed by atoms with van der Waals surface area (Å²) < 4.78 is 35.9. The van der Waals surface area contributed by atoms with Gasteiger partial charge < -0.3 is 9.45 Å². The first-order chi connectivity index (χ1) is 18.5. The van der Waals surface area contributed by atoms with Crippen LogP contribution in [0.4, 0.5) is 11.4 Å². The molecule has 0 fully saturated rings. The molecule has 206 valence electrons. The Hall–Kier alpha value is -3.39. The molecule has 0 unspecified atom stereocenters. The van der Waals surface area contributed by atoms with Gasteiger partial charge in [-0.05, 0) is 49.9 Å². The Morgan fingerprint density at radius 1 is 1.00 bits per heavy atom. The zero-order valence-corrected chi connectivity index (χ0v) is 24.0. The normalized spacial score (nSPS) is 18.5. The molecule has 0 atom stereocenters. The average Bonchev–Trinajstić information content (AvgIpc) is 3.23. The van der Waals surface area contributed by atoms with Gasteiger partial charge in [0.05, 0.1) is 15.5 Å². The van der Waals surface area contributed by atoms with E-state index in [4.69, 9.17) is 5.53 Å². The molecule has 2 aromatic carbocycles. The molecule has 2 heterocycles. The van der Waals surface area contributed by atoms with Crippen molar-refractivity contribution in [3.05, 3.63) is 94.0 Å². The molecule has 39 heavy (non-hydrogen) atoms. The van der Waals surface area contributed by atoms with E-state index in [1.165, 1.54) is 22.5 Å². The van der Waals surface area contributed by atoms with E-state index in [9.17, 15) is 13.0 Å². The van der Waals surface area contributed by atoms with Gasteiger partial charge in [-0.1, -0.05) is 61.4 Å². The minimum atomic E-state index is -4.27. The van der Waals surface area contributed by atoms with Gasteiger partial charge in [0.25, 0.3) is 0 Å². The van der Waals surface area contributed by atoms with Gasteiger partial charge in [0, 0.05) is 64.7 Å². The Morgan fingerprint density at radius 2 is 1.69 bits per heavy atom. The fourth-order valence-corrected chi connectivity index (χ4v) is 6.37. The van der Waals surface area contributed by atoms with Crippen molar-refractivity contribution in [1.82, 2.24) is 0 Å². The summed E-state index contributed by atoms with van der Waals surface area (Å²) in [6, 6.07) is 16.7. The number of anilines is 1. The zero-order chi connectivity index (χ0) is 28.3. The van der Waals surface area contributed by atoms with E-state index in [0.29, 0.717) is 13.1 Å². The first-order valence-electron chi connectivity index (χ1n) is 13.4. The predicted octanol–water partition coefficient (Wildman–Crippen LogP) is 6.33. The summed E-state index contributed by atoms with van der Waals surface area (Å²) in [7, 11) is -4.27. The molecule has 0 radical (unpaired) electrons. The molecule has 2 aromatic rings. The highest BCUT2D eigenvalue weighted by molar-refractivity contribution is 7.85. The highest BCUT2D eigenvalue weighted by Crippen LogP contribution is 2.47. The molecule has 0 bridgehead atoms. The number of hydrogen-bond acceptors (Lipinski definition) is 5. The molecule has 0 aromatic heterocycles. The number of nitrogens with zero attached hydrogens (tertiary/aromatic N) is 5. The maximum atomic E-state index is 11.3. The summed E-state index contributed by atoms with van der Waals surface area (Å²) in [6.45, 7) is 10.6. The van der Waals surface area contributed by atoms with E-state index in [1.807, 2.05) is 12.1 Å². The minimum Gasteiger partial charge on any atom is -0.748 e. The van der Waals surface area contributed by atoms with Gasteiger partial charge in [-0.25, -0.2) is 8.42 Å². The van der Waals surface area contributed by atoms with E-state index in [0.717, 1.165) is 30.8 Å². The fraction of sp³-hybridized carbons (Fsp3) is 0.433. The van der Waals surface area contributed by atoms with Crippen LogP contribution >= 0.6 is 0 Å². The van der Waals surface area contributed by atoms with E-state index in [1.54, 1.807) is 0 Å². The molecular weight excluding hydrogens is 510 g/mol. The van der Waals surface area contributed by atoms with Crippen LogP contribution < -0.4 is 4.90 Å². The summed E-state index contributed by atoms with van der Waals surface area (Å²) in [5, 5.41) is 3.67. The topological polar surface area (TPSA) is 112 Å². The Morgan fingerprint density at radius 3 is 2.41 bits per heavy atom. The molecule has 2 aliphatic rings. The second-order valence-corrected chi connectivity index (χ2v) is 12.7. The van der Waals surface area contributed by atoms with E-state index in [-0.39, 0.29) is 23.0 Å². The number of unbranched alkanes of at least 4 members (excludes halogenated alkanes) is 1. The predicted molar refractivity (Wildman–Crippen MR) is 156 cm³/mol. The largest absolute Gasteiger partial charge is 0.748 e. The molecular formula is C30H37N5O3S. The van der Waals surface area contributed by atoms with Crippen LogP contribution in [0, 0.1) is 0 Å². The lowest BCUT2D eigenvalue weighted by Gasteiger charge is -2.27. The van der Waals surface area contributed by atoms with Crippen LogP contribution in [-0.2, 0) is 20.9 Å². The fourth-order valence-electron chi connectivity index (χ4n) is 5.89. The van der Waals surface area contributed by atoms with Gasteiger partial charge >= 0.3 is 0 Å². The van der Waals surface area contributed by atoms with Crippen molar-refractivity contribution in [1.29, 1.82) is 0 Å². The number of benzene rings is 2. The molecule has 0 spiro atoms. The first-order valence-corrected chi connectivity index (χ1v) is 15.0. The van der Waals surface area contributed by atoms with Crippen molar-refractivity contribution in [3.8, 4) is 0 Å². The molecule has 4 rings (SSSR count). The third kappa shape index (κ3) is 5.96. The van der Waals surface area contributed by atoms with Crippen molar-refractivity contribution in [2.45, 2.75) is 57.8 Å². The minimum absolute atomic E-state index is 0.188. The molecule has 0 N–H and O–H groups in total. The molecule has 0 saturated carbocycles. The van der Waals surface area contributed by atoms with Crippen LogP contribution in [-0.4, -0.2) is 48.6 Å². The van der Waals surface area contributed by atoms with Gasteiger partial charge in [-0.3, -0.25) is 0 Å². The lowest BCUT2D eigenvalue weighted by Crippen LogP contribution is -2.28. The van der Waals surface area contributed by atoms with Gasteiger partial charge in [0.1, 0.15) is 6.54 Å². The van der Waals surface area contributed by atoms with Crippen LogP contribution in [0.5, 0.6) is 0 Å². The second kappa shape index (κ2) is 11.4. The molecule has 2 aliphatic heterocycles. The van der Waals surface area contributed by atoms with E-state index in [2.05, 4.69) is 102 Å². The third-order valence-corrected chi connectivity index (χ3v) is 8.62. The summed E-state index contributed by atoms with van der Waals surface area (Å²) in [5.74, 6) is -0.381. The molecule has 8 nitrogen and oxygen atoms in total. The smallest absolute Gasteiger partial charge is 0.209 e. The number of hydrogen-bond donors (Lipinski definition) is 0. The lowest BCUT2D eigenvalue weighted by atomic mass is 9.81. The van der Waals surface area contributed by atoms with Crippen LogP contribution in [0.2, 0.25) is 0 Å². The monoisotopic (exact) mass is 547 g/mol. The second-order valence-electron chi connectivity index (χ2n) is 11.2. The Bertz CT molecular complexity index is 1480. The molecule has 9 heteroatoms. The van der Waals surface area contributed by atoms with Crippen molar-refractivity contribution in [3.63, 3.8) is 0 Å². The van der Waals surface area contributed by atoms with E-state index >= 15 is 0 Å². The van der Waals surface area contributed by atoms with Gasteiger partial charge in [0.15, 0.2) is 5.71 Å². The first kappa shape index (κ1) is 28.6. The average molecular weight is 548 g/mol. The summed E-state index contributed by atoms with van der Waals surface area (Å²) in [6.07, 6.45) is 8.39. The molecule has 0 amide bonds. The maximum Gasteiger partial charge on any atom is 0.209 e. The van der Waals surface area contributed by atoms with Crippen LogP contribution in [0.1, 0.15) is 58.1 Å². The van der Waals surface area contributed by atoms with Crippen molar-refractivity contribution >= 4 is 27.2 Å². The van der Waals surface area contributed by atoms with Crippen molar-refractivity contribution in [2.75, 3.05) is 30.3 Å². The van der Waals surface area contributed by atoms with Crippen LogP contribution in [0.3, 0.4) is 0 Å². The van der Waals surface area contributed by atoms with Gasteiger partial charge in [-0.15, -0.1) is 0 Å². The number of rotatable bonds is 11. The Labute approximate surface area is 231 Å². The number of fused-ring (bicyclic) bond motifs is 2. The Kier molecular flexibility index (Phi) is 8.35. The standard InChI is InChI=1S/C30H37N5O3S/c1-29(2)23-13-5-7-15-25(23)34(20-10-9-19-32-33-31)27(29)17-11-18-28-30(3,4)24-14-6-8-16-26(24)35(28)21-12-22-39(36,37)38/h5-8,11,13-18H,9-10,12,19-22H2,1-4H3. The maximum absolute atomic E-state index is 11.3. The lowest BCUT2D eigenvalue weighted by molar-refractivity contribution is -0.437. The van der Waals surface area contributed by atoms with Crippen molar-refractivity contribution in [2.24, 2.45) is 5.11 Å². The highest BCUT2D eigenvalue weighted by atomic mass is 32.2. The molecule has 0 aliphatic carbocycles. The quantitative estimate of drug-likeness (QED) is 0.0817. The molecule has 0 saturated heterocycles. The Balaban J connectivity index is 1.68. The summed E-state index contributed by atoms with van der Waals surface area (Å²) in [4.78, 5) is 5.23. The van der Waals surface area contributed by atoms with Gasteiger partial charge in [-0.2, -0.15) is 4.58 Å². The third-order valence-electron chi connectivity index (χ3n) is 7.84. The number of para-hydroxylation sites is 2. The van der Waals surface area contributed by atoms with Gasteiger partial charge in [0.2, 0.25) is 5.69 Å². The zero-order valence-electron chi connectivity index (χ0n) is 23.2. The SMILES string of the molecule is CC1(C)C(/C=C/C=C2/N(CCCCN=[N+]=[N-])c3ccccc3C2(C)C)=[N+](CCCS(=O)(=O)[O-])c2ccccc21. The number of allylic oxidation sites excluding steroid dienone is 4. The summed E-state index contributed by atoms with van der Waals surface area (Å²) >= 11 is 0. The van der Waals surface area contributed by atoms with Crippen LogP contribution in [0.25, 0.3) is 10.4 Å². The number of azide groups is 1. The van der Waals surface area contributed by atoms with Crippen molar-refractivity contribution < 1.29 is 17.5 Å². The van der Waals surface area contributed by atoms with Crippen LogP contribution in [0.15, 0.2) is 77.6 Å². The highest BCUT2D eigenvalue weighted by Gasteiger charge is 2.44. The van der Waals surface area contributed by atoms with E-state index < -0.39 is 10.1 Å².